The minimum absolute atomic E-state index is 0.00784. The molecule has 0 radical (unpaired) electrons. The summed E-state index contributed by atoms with van der Waals surface area (Å²) in [5.41, 5.74) is 14.4. The van der Waals surface area contributed by atoms with Crippen LogP contribution < -0.4 is 44.6 Å². The third-order valence-corrected chi connectivity index (χ3v) is 18.6. The van der Waals surface area contributed by atoms with Crippen LogP contribution in [0.25, 0.3) is 0 Å². The van der Waals surface area contributed by atoms with Crippen LogP contribution >= 0.6 is 0 Å². The van der Waals surface area contributed by atoms with E-state index in [1.165, 1.54) is 29.3 Å². The van der Waals surface area contributed by atoms with Gasteiger partial charge in [0.15, 0.2) is 37.7 Å². The molecule has 7 unspecified atom stereocenters. The SMILES string of the molecule is C/C(=C\CCC1(C)Oc2c(C=O)c(C=O)cc(OC(=O)Oc3ccccc3)c2CC1C)CC/C=C(\C)OC=O.CC(C)=CCC/C(=C/CCC1(C)Oc2c(C=O)c(C=O)cc(OC(N)=O)c2CC1N)CO.COC(=O)Oc1cc(C=O)c(C=O)c2c1CC(CCOOO)C(C)(CCCC(C)OC=O)O2.O=C=O. The second kappa shape index (κ2) is 44.2. The smallest absolute Gasteiger partial charge is 0.486 e. The van der Waals surface area contributed by atoms with Crippen LogP contribution in [0.4, 0.5) is 14.4 Å². The number of methoxy groups -OCH3 is 1. The van der Waals surface area contributed by atoms with E-state index in [2.05, 4.69) is 26.8 Å². The van der Waals surface area contributed by atoms with Crippen LogP contribution in [0.15, 0.2) is 95.3 Å². The van der Waals surface area contributed by atoms with Gasteiger partial charge in [-0.05, 0) is 200 Å². The van der Waals surface area contributed by atoms with Gasteiger partial charge in [-0.15, -0.1) is 0 Å². The zero-order valence-electron chi connectivity index (χ0n) is 61.6. The molecule has 4 aromatic rings. The van der Waals surface area contributed by atoms with Crippen LogP contribution in [0, 0.1) is 11.8 Å². The Kier molecular flexibility index (Phi) is 36.6. The van der Waals surface area contributed by atoms with Crippen molar-refractivity contribution >= 4 is 75.2 Å². The maximum absolute atomic E-state index is 12.5. The highest BCUT2D eigenvalue weighted by Crippen LogP contribution is 2.49. The number of ether oxygens (including phenoxy) is 10. The van der Waals surface area contributed by atoms with Crippen LogP contribution in [0.2, 0.25) is 0 Å². The van der Waals surface area contributed by atoms with E-state index in [1.54, 1.807) is 44.2 Å². The molecular weight excluding hydrogens is 1400 g/mol. The maximum atomic E-state index is 12.5. The summed E-state index contributed by atoms with van der Waals surface area (Å²) in [6.07, 6.45) is 17.2. The molecule has 3 aliphatic rings. The molecular formula is C78H94N2O27. The van der Waals surface area contributed by atoms with Crippen molar-refractivity contribution in [2.24, 2.45) is 23.3 Å². The van der Waals surface area contributed by atoms with Gasteiger partial charge in [0.05, 0.1) is 43.1 Å². The van der Waals surface area contributed by atoms with Crippen molar-refractivity contribution in [1.29, 1.82) is 0 Å². The number of hydrogen-bond acceptors (Lipinski definition) is 28. The van der Waals surface area contributed by atoms with E-state index < -0.39 is 41.2 Å². The van der Waals surface area contributed by atoms with Crippen LogP contribution in [0.3, 0.4) is 0 Å². The molecule has 29 heteroatoms. The number of hydrogen-bond donors (Lipinski definition) is 4. The number of benzene rings is 4. The summed E-state index contributed by atoms with van der Waals surface area (Å²) in [5.74, 6) is 1.51. The molecule has 4 aromatic carbocycles. The highest BCUT2D eigenvalue weighted by atomic mass is 17.5. The van der Waals surface area contributed by atoms with Crippen molar-refractivity contribution in [2.45, 2.75) is 188 Å². The van der Waals surface area contributed by atoms with Gasteiger partial charge in [0.2, 0.25) is 0 Å². The summed E-state index contributed by atoms with van der Waals surface area (Å²) in [5, 5.41) is 21.8. The first-order valence-corrected chi connectivity index (χ1v) is 34.3. The van der Waals surface area contributed by atoms with Gasteiger partial charge in [0.25, 0.3) is 12.9 Å². The predicted molar refractivity (Wildman–Crippen MR) is 383 cm³/mol. The van der Waals surface area contributed by atoms with Gasteiger partial charge >= 0.3 is 24.6 Å². The van der Waals surface area contributed by atoms with Gasteiger partial charge in [0.1, 0.15) is 62.8 Å². The van der Waals surface area contributed by atoms with Gasteiger partial charge in [-0.3, -0.25) is 38.4 Å². The van der Waals surface area contributed by atoms with E-state index in [1.807, 2.05) is 60.6 Å². The van der Waals surface area contributed by atoms with E-state index in [4.69, 9.17) is 68.9 Å². The Bertz CT molecular complexity index is 3920. The topological polar surface area (TPSA) is 425 Å². The van der Waals surface area contributed by atoms with Gasteiger partial charge in [-0.2, -0.15) is 9.59 Å². The number of amides is 1. The van der Waals surface area contributed by atoms with Crippen LogP contribution in [-0.2, 0) is 62.6 Å². The number of rotatable bonds is 35. The first-order chi connectivity index (χ1) is 51.1. The number of primary amides is 1. The van der Waals surface area contributed by atoms with Crippen molar-refractivity contribution < 1.29 is 130 Å². The number of nitrogens with two attached hydrogens (primary N) is 2. The lowest BCUT2D eigenvalue weighted by atomic mass is 9.75. The van der Waals surface area contributed by atoms with E-state index in [-0.39, 0.29) is 112 Å². The quantitative estimate of drug-likeness (QED) is 0.00382. The van der Waals surface area contributed by atoms with Crippen molar-refractivity contribution in [3.8, 4) is 40.2 Å². The molecule has 0 aliphatic carbocycles. The Morgan fingerprint density at radius 2 is 1.15 bits per heavy atom. The minimum Gasteiger partial charge on any atom is -0.486 e. The Morgan fingerprint density at radius 3 is 1.66 bits per heavy atom. The van der Waals surface area contributed by atoms with Gasteiger partial charge in [0, 0.05) is 45.3 Å². The monoisotopic (exact) mass is 1490 g/mol. The second-order valence-electron chi connectivity index (χ2n) is 26.3. The largest absolute Gasteiger partial charge is 0.519 e. The Balaban J connectivity index is 0.000000335. The van der Waals surface area contributed by atoms with Crippen LogP contribution in [0.1, 0.15) is 218 Å². The molecule has 578 valence electrons. The number of carbonyl (C=O) groups is 11. The van der Waals surface area contributed by atoms with Crippen LogP contribution in [-0.4, -0.2) is 135 Å². The van der Waals surface area contributed by atoms with Gasteiger partial charge < -0.3 is 63.9 Å². The molecule has 107 heavy (non-hydrogen) atoms. The molecule has 29 nitrogen and oxygen atoms in total. The third-order valence-electron chi connectivity index (χ3n) is 18.6. The van der Waals surface area contributed by atoms with Gasteiger partial charge in [-0.25, -0.2) is 24.5 Å². The minimum atomic E-state index is -1.04. The number of aliphatic hydroxyl groups is 1. The molecule has 3 aliphatic heterocycles. The van der Waals surface area contributed by atoms with Crippen molar-refractivity contribution in [3.63, 3.8) is 0 Å². The lowest BCUT2D eigenvalue weighted by molar-refractivity contribution is -0.491. The molecule has 0 saturated carbocycles. The summed E-state index contributed by atoms with van der Waals surface area (Å²) in [6, 6.07) is 12.0. The molecule has 6 N–H and O–H groups in total. The van der Waals surface area contributed by atoms with E-state index in [0.717, 1.165) is 44.8 Å². The van der Waals surface area contributed by atoms with Crippen molar-refractivity contribution in [1.82, 2.24) is 0 Å². The molecule has 7 rings (SSSR count). The number of fused-ring (bicyclic) bond motifs is 3. The normalized spacial score (nSPS) is 19.1. The fourth-order valence-electron chi connectivity index (χ4n) is 12.3. The zero-order chi connectivity index (χ0) is 79.4. The fourth-order valence-corrected chi connectivity index (χ4v) is 12.3. The number of allylic oxidation sites excluding steroid dienone is 7. The van der Waals surface area contributed by atoms with Crippen molar-refractivity contribution in [2.75, 3.05) is 20.3 Å². The Labute approximate surface area is 619 Å². The molecule has 7 atom stereocenters. The molecule has 1 amide bonds. The molecule has 0 spiro atoms. The van der Waals surface area contributed by atoms with E-state index in [0.29, 0.717) is 137 Å². The lowest BCUT2D eigenvalue weighted by Crippen LogP contribution is -2.54. The molecule has 0 bridgehead atoms. The molecule has 0 aromatic heterocycles. The molecule has 0 fully saturated rings. The average molecular weight is 1490 g/mol. The summed E-state index contributed by atoms with van der Waals surface area (Å²) >= 11 is 0. The number of aliphatic hydroxyl groups excluding tert-OH is 1. The Morgan fingerprint density at radius 1 is 0.636 bits per heavy atom. The first-order valence-electron chi connectivity index (χ1n) is 34.3. The number of aldehydes is 6. The fraction of sp³-hybridized carbons (Fsp3) is 0.436. The Hall–Kier alpha value is -10.8. The zero-order valence-corrected chi connectivity index (χ0v) is 61.6. The van der Waals surface area contributed by atoms with E-state index >= 15 is 0 Å². The summed E-state index contributed by atoms with van der Waals surface area (Å²) in [7, 11) is 1.15. The third kappa shape index (κ3) is 26.0. The van der Waals surface area contributed by atoms with Gasteiger partial charge in [-0.1, -0.05) is 59.5 Å². The maximum Gasteiger partial charge on any atom is 0.519 e. The molecule has 3 heterocycles. The number of para-hydroxylation sites is 1. The average Bonchev–Trinajstić information content (AvgIpc) is 0.766. The lowest BCUT2D eigenvalue weighted by Gasteiger charge is -2.43. The summed E-state index contributed by atoms with van der Waals surface area (Å²) in [4.78, 5) is 148. The first kappa shape index (κ1) is 88.6. The standard InChI is InChI=1S/C31H34O8.C24H32N2O6.C22H28O11.CO2/c1-21(10-8-12-23(3)36-20-34)11-9-15-31(4)22(2)16-26-28(17-24(18-32)27(19-33)29(26)39-31)38-30(35)37-25-13-6-5-7-14-25;1-15(2)6-4-7-16(12-27)8-5-9-24(3)21(25)11-18-20(31-23(26)30)10-17(13-28)19(14-29)22(18)32-24;1-14(29-13-25)5-4-7-22(2)16(6-8-30-33-27)10-17-19(31-21(26)28-3)9-15(11-23)18(12-24)20(17)32-22;2-1-3/h5-7,11-14,17-20,22H,8-10,15-16H2,1-4H3;6,8,10,13-14,21,27H,4-5,7,9,11-12,25H2,1-3H3,(H2,26,30);9,11-14,16,27H,4-8,10H2,1-3H3;/b21-11+,23-12+;16-8-;;. The summed E-state index contributed by atoms with van der Waals surface area (Å²) < 4.78 is 54.3. The van der Waals surface area contributed by atoms with E-state index in [9.17, 15) is 57.8 Å². The predicted octanol–water partition coefficient (Wildman–Crippen LogP) is 12.8. The molecule has 0 saturated heterocycles. The second-order valence-corrected chi connectivity index (χ2v) is 26.3. The van der Waals surface area contributed by atoms with Crippen LogP contribution in [0.5, 0.6) is 40.2 Å². The number of carbonyl (C=O) groups excluding carboxylic acids is 13. The highest BCUT2D eigenvalue weighted by molar-refractivity contribution is 5.97. The summed E-state index contributed by atoms with van der Waals surface area (Å²) in [6.45, 7) is 18.2. The highest BCUT2D eigenvalue weighted by Gasteiger charge is 2.45. The van der Waals surface area contributed by atoms with Crippen molar-refractivity contribution in [3.05, 3.63) is 145 Å².